The van der Waals surface area contributed by atoms with Gasteiger partial charge in [-0.3, -0.25) is 4.57 Å². The van der Waals surface area contributed by atoms with Crippen molar-refractivity contribution in [2.45, 2.75) is 10.1 Å². The highest BCUT2D eigenvalue weighted by Gasteiger charge is 2.25. The molecule has 0 spiro atoms. The van der Waals surface area contributed by atoms with E-state index in [4.69, 9.17) is 4.74 Å². The molecule has 0 aliphatic rings. The third kappa shape index (κ3) is 5.29. The standard InChI is InChI=1S/C32H26N4O3S2/c1-39-26-20-18-25(19-21-26)36-31(33-34-32(36)40-22-10-13-24-11-4-2-5-12-24)29-23-35(30-17-9-8-16-28(29)30)41(37,38)27-14-6-3-7-15-27/h2-21,23H,22H2,1H3. The largest absolute Gasteiger partial charge is 0.497 e. The van der Waals surface area contributed by atoms with Gasteiger partial charge >= 0.3 is 0 Å². The zero-order valence-electron chi connectivity index (χ0n) is 22.2. The summed E-state index contributed by atoms with van der Waals surface area (Å²) in [5.41, 5.74) is 3.19. The summed E-state index contributed by atoms with van der Waals surface area (Å²) in [5.74, 6) is 1.95. The first-order valence-electron chi connectivity index (χ1n) is 12.9. The molecule has 0 N–H and O–H groups in total. The van der Waals surface area contributed by atoms with Crippen LogP contribution in [0.2, 0.25) is 0 Å². The van der Waals surface area contributed by atoms with Crippen LogP contribution in [0.5, 0.6) is 5.75 Å². The van der Waals surface area contributed by atoms with E-state index in [1.54, 1.807) is 61.5 Å². The van der Waals surface area contributed by atoms with Gasteiger partial charge in [-0.15, -0.1) is 10.2 Å². The number of hydrogen-bond acceptors (Lipinski definition) is 6. The number of methoxy groups -OCH3 is 1. The fraction of sp³-hybridized carbons (Fsp3) is 0.0625. The molecule has 2 heterocycles. The number of hydrogen-bond donors (Lipinski definition) is 0. The minimum Gasteiger partial charge on any atom is -0.497 e. The molecule has 204 valence electrons. The van der Waals surface area contributed by atoms with Gasteiger partial charge < -0.3 is 4.74 Å². The van der Waals surface area contributed by atoms with Crippen LogP contribution in [-0.2, 0) is 10.0 Å². The summed E-state index contributed by atoms with van der Waals surface area (Å²) in [4.78, 5) is 0.213. The summed E-state index contributed by atoms with van der Waals surface area (Å²) in [6.45, 7) is 0. The molecule has 0 saturated carbocycles. The highest BCUT2D eigenvalue weighted by atomic mass is 32.2. The second-order valence-electron chi connectivity index (χ2n) is 9.14. The molecule has 0 radical (unpaired) electrons. The average molecular weight is 579 g/mol. The molecule has 0 amide bonds. The van der Waals surface area contributed by atoms with Crippen molar-refractivity contribution in [3.63, 3.8) is 0 Å². The number of ether oxygens (including phenoxy) is 1. The molecule has 2 aromatic heterocycles. The molecule has 41 heavy (non-hydrogen) atoms. The third-order valence-corrected chi connectivity index (χ3v) is 9.17. The monoisotopic (exact) mass is 578 g/mol. The SMILES string of the molecule is COc1ccc(-n2c(SCC=Cc3ccccc3)nnc2-c2cn(S(=O)(=O)c3ccccc3)c3ccccc23)cc1. The van der Waals surface area contributed by atoms with Crippen LogP contribution in [-0.4, -0.2) is 40.0 Å². The van der Waals surface area contributed by atoms with Crippen LogP contribution in [0, 0.1) is 0 Å². The van der Waals surface area contributed by atoms with Crippen LogP contribution in [0.1, 0.15) is 5.56 Å². The van der Waals surface area contributed by atoms with Gasteiger partial charge in [0.25, 0.3) is 10.0 Å². The second-order valence-corrected chi connectivity index (χ2v) is 11.9. The molecule has 6 aromatic rings. The predicted molar refractivity (Wildman–Crippen MR) is 164 cm³/mol. The number of aromatic nitrogens is 4. The summed E-state index contributed by atoms with van der Waals surface area (Å²) in [6, 6.07) is 33.6. The Bertz CT molecular complexity index is 1930. The maximum atomic E-state index is 13.7. The zero-order valence-corrected chi connectivity index (χ0v) is 23.8. The van der Waals surface area contributed by atoms with Gasteiger partial charge in [0.1, 0.15) is 5.75 Å². The molecular formula is C32H26N4O3S2. The van der Waals surface area contributed by atoms with Crippen LogP contribution < -0.4 is 4.74 Å². The van der Waals surface area contributed by atoms with Gasteiger partial charge in [0.05, 0.1) is 17.5 Å². The van der Waals surface area contributed by atoms with E-state index < -0.39 is 10.0 Å². The molecule has 0 saturated heterocycles. The highest BCUT2D eigenvalue weighted by molar-refractivity contribution is 7.99. The Morgan fingerprint density at radius 2 is 1.51 bits per heavy atom. The fourth-order valence-electron chi connectivity index (χ4n) is 4.61. The Kier molecular flexibility index (Phi) is 7.45. The average Bonchev–Trinajstić information content (AvgIpc) is 3.62. The number of para-hydroxylation sites is 1. The summed E-state index contributed by atoms with van der Waals surface area (Å²) in [7, 11) is -2.22. The molecule has 6 rings (SSSR count). The predicted octanol–water partition coefficient (Wildman–Crippen LogP) is 6.94. The molecular weight excluding hydrogens is 553 g/mol. The summed E-state index contributed by atoms with van der Waals surface area (Å²) in [6.07, 6.45) is 5.80. The Morgan fingerprint density at radius 3 is 2.24 bits per heavy atom. The third-order valence-electron chi connectivity index (χ3n) is 6.60. The van der Waals surface area contributed by atoms with Crippen molar-refractivity contribution in [3.8, 4) is 22.8 Å². The van der Waals surface area contributed by atoms with Gasteiger partial charge in [-0.1, -0.05) is 90.6 Å². The first-order chi connectivity index (χ1) is 20.1. The van der Waals surface area contributed by atoms with Crippen molar-refractivity contribution in [1.29, 1.82) is 0 Å². The smallest absolute Gasteiger partial charge is 0.268 e. The second kappa shape index (κ2) is 11.5. The van der Waals surface area contributed by atoms with E-state index in [0.717, 1.165) is 22.4 Å². The minimum atomic E-state index is -3.85. The van der Waals surface area contributed by atoms with E-state index in [2.05, 4.69) is 34.5 Å². The Labute approximate surface area is 242 Å². The van der Waals surface area contributed by atoms with Gasteiger partial charge in [-0.25, -0.2) is 12.4 Å². The molecule has 0 bridgehead atoms. The lowest BCUT2D eigenvalue weighted by Crippen LogP contribution is -2.11. The minimum absolute atomic E-state index is 0.213. The Hall–Kier alpha value is -4.60. The first kappa shape index (κ1) is 26.6. The molecule has 0 aliphatic heterocycles. The molecule has 7 nitrogen and oxygen atoms in total. The molecule has 0 aliphatic carbocycles. The first-order valence-corrected chi connectivity index (χ1v) is 15.3. The number of fused-ring (bicyclic) bond motifs is 1. The van der Waals surface area contributed by atoms with Gasteiger partial charge in [0.15, 0.2) is 11.0 Å². The lowest BCUT2D eigenvalue weighted by Gasteiger charge is -2.10. The molecule has 0 unspecified atom stereocenters. The maximum Gasteiger partial charge on any atom is 0.268 e. The molecule has 0 fully saturated rings. The molecule has 9 heteroatoms. The fourth-order valence-corrected chi connectivity index (χ4v) is 6.76. The van der Waals surface area contributed by atoms with Crippen molar-refractivity contribution >= 4 is 38.8 Å². The quantitative estimate of drug-likeness (QED) is 0.173. The number of rotatable bonds is 9. The van der Waals surface area contributed by atoms with E-state index in [1.165, 1.54) is 3.97 Å². The normalized spacial score (nSPS) is 11.8. The highest BCUT2D eigenvalue weighted by Crippen LogP contribution is 2.35. The van der Waals surface area contributed by atoms with E-state index in [9.17, 15) is 8.42 Å². The van der Waals surface area contributed by atoms with Crippen molar-refractivity contribution < 1.29 is 13.2 Å². The van der Waals surface area contributed by atoms with E-state index in [0.29, 0.717) is 27.8 Å². The summed E-state index contributed by atoms with van der Waals surface area (Å²) >= 11 is 1.55. The van der Waals surface area contributed by atoms with Gasteiger partial charge in [0.2, 0.25) is 0 Å². The lowest BCUT2D eigenvalue weighted by molar-refractivity contribution is 0.414. The van der Waals surface area contributed by atoms with Crippen LogP contribution in [0.4, 0.5) is 0 Å². The maximum absolute atomic E-state index is 13.7. The van der Waals surface area contributed by atoms with E-state index >= 15 is 0 Å². The molecule has 4 aromatic carbocycles. The van der Waals surface area contributed by atoms with E-state index in [-0.39, 0.29) is 4.90 Å². The molecule has 0 atom stereocenters. The Morgan fingerprint density at radius 1 is 0.829 bits per heavy atom. The summed E-state index contributed by atoms with van der Waals surface area (Å²) < 4.78 is 36.1. The van der Waals surface area contributed by atoms with Crippen molar-refractivity contribution in [2.75, 3.05) is 12.9 Å². The van der Waals surface area contributed by atoms with Gasteiger partial charge in [0, 0.05) is 28.6 Å². The number of nitrogens with zero attached hydrogens (tertiary/aromatic N) is 4. The number of benzene rings is 4. The van der Waals surface area contributed by atoms with Crippen LogP contribution in [0.15, 0.2) is 132 Å². The van der Waals surface area contributed by atoms with Crippen LogP contribution >= 0.6 is 11.8 Å². The van der Waals surface area contributed by atoms with Crippen molar-refractivity contribution in [3.05, 3.63) is 127 Å². The van der Waals surface area contributed by atoms with Crippen LogP contribution in [0.25, 0.3) is 34.1 Å². The van der Waals surface area contributed by atoms with Gasteiger partial charge in [-0.05, 0) is 48.0 Å². The van der Waals surface area contributed by atoms with Crippen LogP contribution in [0.3, 0.4) is 0 Å². The topological polar surface area (TPSA) is 79.0 Å². The van der Waals surface area contributed by atoms with E-state index in [1.807, 2.05) is 65.2 Å². The zero-order chi connectivity index (χ0) is 28.2. The number of thioether (sulfide) groups is 1. The van der Waals surface area contributed by atoms with Crippen molar-refractivity contribution in [1.82, 2.24) is 18.7 Å². The van der Waals surface area contributed by atoms with Crippen molar-refractivity contribution in [2.24, 2.45) is 0 Å². The Balaban J connectivity index is 1.46. The lowest BCUT2D eigenvalue weighted by atomic mass is 10.1. The van der Waals surface area contributed by atoms with Gasteiger partial charge in [-0.2, -0.15) is 0 Å². The summed E-state index contributed by atoms with van der Waals surface area (Å²) in [5, 5.41) is 10.6.